The Bertz CT molecular complexity index is 895. The fourth-order valence-corrected chi connectivity index (χ4v) is 6.00. The van der Waals surface area contributed by atoms with Gasteiger partial charge in [-0.15, -0.1) is 0 Å². The first-order valence-electron chi connectivity index (χ1n) is 9.12. The smallest absolute Gasteiger partial charge is 0.335 e. The number of rotatable bonds is 2. The number of benzene rings is 2. The monoisotopic (exact) mass is 371 g/mol. The zero-order valence-electron chi connectivity index (χ0n) is 14.1. The van der Waals surface area contributed by atoms with Gasteiger partial charge in [0.15, 0.2) is 0 Å². The highest BCUT2D eigenvalue weighted by atomic mass is 35.5. The van der Waals surface area contributed by atoms with E-state index in [-0.39, 0.29) is 23.7 Å². The molecule has 2 bridgehead atoms. The van der Waals surface area contributed by atoms with Crippen molar-refractivity contribution in [3.05, 3.63) is 63.9 Å². The first kappa shape index (κ1) is 16.1. The van der Waals surface area contributed by atoms with Gasteiger partial charge >= 0.3 is 5.97 Å². The molecule has 5 heteroatoms. The molecule has 2 saturated carbocycles. The molecule has 0 unspecified atom stereocenters. The van der Waals surface area contributed by atoms with E-state index in [0.717, 1.165) is 24.1 Å². The normalized spacial score (nSPS) is 31.2. The number of fused-ring (bicyclic) bond motifs is 7. The molecule has 1 heterocycles. The van der Waals surface area contributed by atoms with Crippen LogP contribution in [0.15, 0.2) is 36.4 Å². The number of carboxylic acid groups (broad SMARTS) is 1. The number of aromatic carboxylic acids is 1. The molecule has 3 aliphatic rings. The summed E-state index contributed by atoms with van der Waals surface area (Å²) in [6, 6.07) is 9.91. The zero-order valence-corrected chi connectivity index (χ0v) is 14.8. The summed E-state index contributed by atoms with van der Waals surface area (Å²) in [5, 5.41) is 13.3. The number of anilines is 1. The number of hydrogen-bond acceptors (Lipinski definition) is 2. The number of hydrogen-bond donors (Lipinski definition) is 2. The van der Waals surface area contributed by atoms with Crippen LogP contribution in [0.5, 0.6) is 0 Å². The molecule has 5 rings (SSSR count). The summed E-state index contributed by atoms with van der Waals surface area (Å²) in [6.07, 6.45) is 3.46. The van der Waals surface area contributed by atoms with Crippen molar-refractivity contribution < 1.29 is 14.3 Å². The molecule has 26 heavy (non-hydrogen) atoms. The Kier molecular flexibility index (Phi) is 3.54. The second-order valence-corrected chi connectivity index (χ2v) is 8.21. The molecular formula is C21H19ClFNO2. The Morgan fingerprint density at radius 3 is 2.77 bits per heavy atom. The molecule has 2 aromatic rings. The standard InChI is InChI=1S/C21H19ClFNO2/c22-14-2-1-3-15(23)19(14)20-18-11-5-4-10(8-11)17(18)13-9-12(21(25)26)6-7-16(13)24-20/h1-3,6-7,9-11,17-18,20,24H,4-5,8H2,(H,25,26)/t10-,11+,17+,18-,20-/m0/s1. The molecule has 0 spiro atoms. The molecule has 5 atom stereocenters. The van der Waals surface area contributed by atoms with Crippen LogP contribution in [0.2, 0.25) is 5.02 Å². The molecule has 2 N–H and O–H groups in total. The lowest BCUT2D eigenvalue weighted by Crippen LogP contribution is -2.36. The summed E-state index contributed by atoms with van der Waals surface area (Å²) in [4.78, 5) is 11.4. The predicted molar refractivity (Wildman–Crippen MR) is 98.2 cm³/mol. The molecule has 2 fully saturated rings. The molecule has 2 aliphatic carbocycles. The van der Waals surface area contributed by atoms with Gasteiger partial charge < -0.3 is 10.4 Å². The molecular weight excluding hydrogens is 353 g/mol. The topological polar surface area (TPSA) is 49.3 Å². The van der Waals surface area contributed by atoms with E-state index in [1.807, 2.05) is 12.1 Å². The zero-order chi connectivity index (χ0) is 18.0. The lowest BCUT2D eigenvalue weighted by Gasteiger charge is -2.43. The van der Waals surface area contributed by atoms with Gasteiger partial charge in [0.05, 0.1) is 11.6 Å². The van der Waals surface area contributed by atoms with Crippen LogP contribution in [0, 0.1) is 23.6 Å². The van der Waals surface area contributed by atoms with E-state index < -0.39 is 5.97 Å². The minimum Gasteiger partial charge on any atom is -0.478 e. The van der Waals surface area contributed by atoms with Crippen LogP contribution < -0.4 is 5.32 Å². The first-order chi connectivity index (χ1) is 12.5. The summed E-state index contributed by atoms with van der Waals surface area (Å²) in [5.41, 5.74) is 2.85. The van der Waals surface area contributed by atoms with Crippen LogP contribution in [0.25, 0.3) is 0 Å². The molecule has 3 nitrogen and oxygen atoms in total. The Morgan fingerprint density at radius 1 is 1.19 bits per heavy atom. The second kappa shape index (κ2) is 5.71. The molecule has 2 aromatic carbocycles. The quantitative estimate of drug-likeness (QED) is 0.735. The Morgan fingerprint density at radius 2 is 2.00 bits per heavy atom. The maximum atomic E-state index is 14.7. The maximum absolute atomic E-state index is 14.7. The minimum atomic E-state index is -0.910. The van der Waals surface area contributed by atoms with E-state index >= 15 is 0 Å². The number of halogens is 2. The summed E-state index contributed by atoms with van der Waals surface area (Å²) >= 11 is 6.39. The summed E-state index contributed by atoms with van der Waals surface area (Å²) in [5.74, 6) is 0.404. The van der Waals surface area contributed by atoms with E-state index in [1.165, 1.54) is 12.5 Å². The van der Waals surface area contributed by atoms with E-state index in [4.69, 9.17) is 11.6 Å². The van der Waals surface area contributed by atoms with Crippen molar-refractivity contribution in [1.29, 1.82) is 0 Å². The van der Waals surface area contributed by atoms with Gasteiger partial charge in [-0.05, 0) is 78.8 Å². The van der Waals surface area contributed by atoms with E-state index in [1.54, 1.807) is 18.2 Å². The highest BCUT2D eigenvalue weighted by molar-refractivity contribution is 6.31. The molecule has 0 saturated heterocycles. The van der Waals surface area contributed by atoms with Crippen molar-refractivity contribution in [3.63, 3.8) is 0 Å². The van der Waals surface area contributed by atoms with Gasteiger partial charge in [-0.3, -0.25) is 0 Å². The lowest BCUT2D eigenvalue weighted by atomic mass is 9.68. The van der Waals surface area contributed by atoms with Crippen molar-refractivity contribution in [1.82, 2.24) is 0 Å². The van der Waals surface area contributed by atoms with E-state index in [2.05, 4.69) is 5.32 Å². The number of carbonyl (C=O) groups is 1. The van der Waals surface area contributed by atoms with Gasteiger partial charge in [-0.1, -0.05) is 17.7 Å². The maximum Gasteiger partial charge on any atom is 0.335 e. The van der Waals surface area contributed by atoms with Gasteiger partial charge in [0.1, 0.15) is 5.82 Å². The van der Waals surface area contributed by atoms with Gasteiger partial charge in [0.2, 0.25) is 0 Å². The van der Waals surface area contributed by atoms with Crippen LogP contribution in [-0.2, 0) is 0 Å². The highest BCUT2D eigenvalue weighted by Gasteiger charge is 2.54. The van der Waals surface area contributed by atoms with Gasteiger partial charge in [0, 0.05) is 16.3 Å². The van der Waals surface area contributed by atoms with Crippen molar-refractivity contribution in [2.45, 2.75) is 31.2 Å². The minimum absolute atomic E-state index is 0.174. The van der Waals surface area contributed by atoms with Gasteiger partial charge in [0.25, 0.3) is 0 Å². The van der Waals surface area contributed by atoms with Crippen LogP contribution in [0.4, 0.5) is 10.1 Å². The summed E-state index contributed by atoms with van der Waals surface area (Å²) < 4.78 is 14.7. The lowest BCUT2D eigenvalue weighted by molar-refractivity contribution is 0.0696. The Hall–Kier alpha value is -2.07. The van der Waals surface area contributed by atoms with Crippen LogP contribution in [0.1, 0.15) is 52.7 Å². The molecule has 0 radical (unpaired) electrons. The Labute approximate surface area is 156 Å². The first-order valence-corrected chi connectivity index (χ1v) is 9.50. The van der Waals surface area contributed by atoms with Crippen molar-refractivity contribution in [2.24, 2.45) is 17.8 Å². The number of carboxylic acids is 1. The fraction of sp³-hybridized carbons (Fsp3) is 0.381. The third-order valence-corrected chi connectivity index (χ3v) is 6.97. The van der Waals surface area contributed by atoms with Crippen LogP contribution in [-0.4, -0.2) is 11.1 Å². The molecule has 0 aromatic heterocycles. The average Bonchev–Trinajstić information content (AvgIpc) is 3.23. The van der Waals surface area contributed by atoms with Crippen LogP contribution >= 0.6 is 11.6 Å². The second-order valence-electron chi connectivity index (χ2n) is 7.80. The van der Waals surface area contributed by atoms with Crippen molar-refractivity contribution >= 4 is 23.3 Å². The van der Waals surface area contributed by atoms with E-state index in [9.17, 15) is 14.3 Å². The highest BCUT2D eigenvalue weighted by Crippen LogP contribution is 2.64. The fourth-order valence-electron chi connectivity index (χ4n) is 5.72. The largest absolute Gasteiger partial charge is 0.478 e. The SMILES string of the molecule is O=C(O)c1ccc2c(c1)[C@H]1[C@H]3CC[C@H](C3)[C@@H]1[C@@H](c1c(F)cccc1Cl)N2. The van der Waals surface area contributed by atoms with Crippen molar-refractivity contribution in [3.8, 4) is 0 Å². The summed E-state index contributed by atoms with van der Waals surface area (Å²) in [7, 11) is 0. The van der Waals surface area contributed by atoms with E-state index in [0.29, 0.717) is 28.0 Å². The van der Waals surface area contributed by atoms with Crippen LogP contribution in [0.3, 0.4) is 0 Å². The Balaban J connectivity index is 1.67. The molecule has 134 valence electrons. The average molecular weight is 372 g/mol. The third kappa shape index (κ3) is 2.21. The third-order valence-electron chi connectivity index (χ3n) is 6.64. The molecule has 0 amide bonds. The van der Waals surface area contributed by atoms with Gasteiger partial charge in [-0.25, -0.2) is 9.18 Å². The van der Waals surface area contributed by atoms with Crippen molar-refractivity contribution in [2.75, 3.05) is 5.32 Å². The summed E-state index contributed by atoms with van der Waals surface area (Å²) in [6.45, 7) is 0. The molecule has 1 aliphatic heterocycles. The van der Waals surface area contributed by atoms with Gasteiger partial charge in [-0.2, -0.15) is 0 Å². The predicted octanol–water partition coefficient (Wildman–Crippen LogP) is 5.47. The number of nitrogens with one attached hydrogen (secondary N) is 1.